The van der Waals surface area contributed by atoms with Crippen LogP contribution in [0.25, 0.3) is 10.9 Å². The van der Waals surface area contributed by atoms with Crippen LogP contribution in [0.15, 0.2) is 24.3 Å². The minimum Gasteiger partial charge on any atom is -0.351 e. The Labute approximate surface area is 117 Å². The van der Waals surface area contributed by atoms with Crippen LogP contribution >= 0.6 is 0 Å². The van der Waals surface area contributed by atoms with Gasteiger partial charge >= 0.3 is 0 Å². The average Bonchev–Trinajstić information content (AvgIpc) is 2.78. The molecule has 0 aliphatic heterocycles. The Morgan fingerprint density at radius 3 is 2.65 bits per heavy atom. The van der Waals surface area contributed by atoms with Crippen LogP contribution < -0.4 is 10.6 Å². The van der Waals surface area contributed by atoms with Crippen molar-refractivity contribution in [3.05, 3.63) is 30.0 Å². The van der Waals surface area contributed by atoms with E-state index in [9.17, 15) is 9.59 Å². The molecule has 2 aromatic rings. The van der Waals surface area contributed by atoms with Crippen molar-refractivity contribution in [2.45, 2.75) is 20.8 Å². The van der Waals surface area contributed by atoms with Crippen molar-refractivity contribution in [3.63, 3.8) is 0 Å². The predicted molar refractivity (Wildman–Crippen MR) is 79.8 cm³/mol. The fraction of sp³-hybridized carbons (Fsp3) is 0.333. The largest absolute Gasteiger partial charge is 0.351 e. The lowest BCUT2D eigenvalue weighted by molar-refractivity contribution is -0.114. The Morgan fingerprint density at radius 2 is 2.00 bits per heavy atom. The first-order valence-corrected chi connectivity index (χ1v) is 6.64. The van der Waals surface area contributed by atoms with E-state index < -0.39 is 0 Å². The minimum absolute atomic E-state index is 0.115. The second kappa shape index (κ2) is 5.77. The fourth-order valence-corrected chi connectivity index (χ4v) is 1.93. The van der Waals surface area contributed by atoms with Gasteiger partial charge in [0.05, 0.1) is 0 Å². The third-order valence-corrected chi connectivity index (χ3v) is 2.86. The zero-order valence-corrected chi connectivity index (χ0v) is 11.9. The molecule has 2 rings (SSSR count). The Balaban J connectivity index is 2.20. The van der Waals surface area contributed by atoms with Gasteiger partial charge in [-0.1, -0.05) is 13.8 Å². The number of rotatable bonds is 4. The standard InChI is InChI=1S/C15H19N3O2/c1-9(2)8-16-15(20)14-7-11-6-12(17-10(3)19)4-5-13(11)18-14/h4-7,9,18H,8H2,1-3H3,(H,16,20)(H,17,19). The molecule has 0 spiro atoms. The first-order valence-electron chi connectivity index (χ1n) is 6.64. The highest BCUT2D eigenvalue weighted by Crippen LogP contribution is 2.20. The molecule has 0 aliphatic rings. The molecule has 106 valence electrons. The van der Waals surface area contributed by atoms with Crippen molar-refractivity contribution in [2.75, 3.05) is 11.9 Å². The van der Waals surface area contributed by atoms with E-state index in [4.69, 9.17) is 0 Å². The van der Waals surface area contributed by atoms with E-state index in [1.165, 1.54) is 6.92 Å². The Morgan fingerprint density at radius 1 is 1.25 bits per heavy atom. The zero-order valence-electron chi connectivity index (χ0n) is 11.9. The fourth-order valence-electron chi connectivity index (χ4n) is 1.93. The maximum Gasteiger partial charge on any atom is 0.267 e. The number of aromatic nitrogens is 1. The maximum absolute atomic E-state index is 12.0. The molecular formula is C15H19N3O2. The highest BCUT2D eigenvalue weighted by molar-refractivity contribution is 5.99. The van der Waals surface area contributed by atoms with Crippen LogP contribution in [0.4, 0.5) is 5.69 Å². The molecule has 0 atom stereocenters. The van der Waals surface area contributed by atoms with Crippen molar-refractivity contribution in [3.8, 4) is 0 Å². The summed E-state index contributed by atoms with van der Waals surface area (Å²) in [4.78, 5) is 26.1. The van der Waals surface area contributed by atoms with Gasteiger partial charge in [0.1, 0.15) is 5.69 Å². The molecule has 3 N–H and O–H groups in total. The monoisotopic (exact) mass is 273 g/mol. The smallest absolute Gasteiger partial charge is 0.267 e. The van der Waals surface area contributed by atoms with Crippen molar-refractivity contribution in [1.29, 1.82) is 0 Å². The summed E-state index contributed by atoms with van der Waals surface area (Å²) in [6.45, 7) is 6.20. The molecule has 0 fully saturated rings. The number of amides is 2. The summed E-state index contributed by atoms with van der Waals surface area (Å²) in [5.74, 6) is 0.181. The van der Waals surface area contributed by atoms with Gasteiger partial charge in [-0.2, -0.15) is 0 Å². The van der Waals surface area contributed by atoms with Gasteiger partial charge in [0.15, 0.2) is 0 Å². The van der Waals surface area contributed by atoms with Crippen molar-refractivity contribution in [2.24, 2.45) is 5.92 Å². The summed E-state index contributed by atoms with van der Waals surface area (Å²) in [6, 6.07) is 7.28. The highest BCUT2D eigenvalue weighted by Gasteiger charge is 2.10. The number of benzene rings is 1. The minimum atomic E-state index is -0.116. The number of H-pyrrole nitrogens is 1. The van der Waals surface area contributed by atoms with Crippen molar-refractivity contribution in [1.82, 2.24) is 10.3 Å². The van der Waals surface area contributed by atoms with E-state index in [-0.39, 0.29) is 11.8 Å². The van der Waals surface area contributed by atoms with Gasteiger partial charge in [-0.3, -0.25) is 9.59 Å². The average molecular weight is 273 g/mol. The second-order valence-electron chi connectivity index (χ2n) is 5.27. The third kappa shape index (κ3) is 3.38. The molecule has 2 amide bonds. The van der Waals surface area contributed by atoms with Gasteiger partial charge in [-0.25, -0.2) is 0 Å². The van der Waals surface area contributed by atoms with Gasteiger partial charge in [0.25, 0.3) is 5.91 Å². The molecule has 0 radical (unpaired) electrons. The molecule has 20 heavy (non-hydrogen) atoms. The SMILES string of the molecule is CC(=O)Nc1ccc2[nH]c(C(=O)NCC(C)C)cc2c1. The normalized spacial score (nSPS) is 10.8. The molecule has 0 saturated heterocycles. The topological polar surface area (TPSA) is 74.0 Å². The van der Waals surface area contributed by atoms with Crippen molar-refractivity contribution < 1.29 is 9.59 Å². The van der Waals surface area contributed by atoms with E-state index in [2.05, 4.69) is 15.6 Å². The van der Waals surface area contributed by atoms with E-state index >= 15 is 0 Å². The summed E-state index contributed by atoms with van der Waals surface area (Å²) >= 11 is 0. The summed E-state index contributed by atoms with van der Waals surface area (Å²) < 4.78 is 0. The number of anilines is 1. The Kier molecular flexibility index (Phi) is 4.08. The summed E-state index contributed by atoms with van der Waals surface area (Å²) in [7, 11) is 0. The van der Waals surface area contributed by atoms with Crippen LogP contribution in [0.5, 0.6) is 0 Å². The van der Waals surface area contributed by atoms with E-state index in [0.717, 1.165) is 16.6 Å². The number of carbonyl (C=O) groups excluding carboxylic acids is 2. The first kappa shape index (κ1) is 14.1. The lowest BCUT2D eigenvalue weighted by Gasteiger charge is -2.05. The molecule has 5 heteroatoms. The second-order valence-corrected chi connectivity index (χ2v) is 5.27. The van der Waals surface area contributed by atoms with E-state index in [1.807, 2.05) is 26.0 Å². The summed E-state index contributed by atoms with van der Waals surface area (Å²) in [6.07, 6.45) is 0. The van der Waals surface area contributed by atoms with Gasteiger partial charge in [-0.05, 0) is 30.2 Å². The van der Waals surface area contributed by atoms with Gasteiger partial charge in [0.2, 0.25) is 5.91 Å². The number of hydrogen-bond acceptors (Lipinski definition) is 2. The van der Waals surface area contributed by atoms with Crippen LogP contribution in [0.2, 0.25) is 0 Å². The lowest BCUT2D eigenvalue weighted by Crippen LogP contribution is -2.27. The van der Waals surface area contributed by atoms with Crippen LogP contribution in [0.1, 0.15) is 31.3 Å². The number of nitrogens with one attached hydrogen (secondary N) is 3. The molecule has 5 nitrogen and oxygen atoms in total. The highest BCUT2D eigenvalue weighted by atomic mass is 16.2. The molecule has 0 unspecified atom stereocenters. The third-order valence-electron chi connectivity index (χ3n) is 2.86. The van der Waals surface area contributed by atoms with Gasteiger partial charge < -0.3 is 15.6 Å². The molecule has 0 bridgehead atoms. The van der Waals surface area contributed by atoms with Crippen LogP contribution in [0, 0.1) is 5.92 Å². The number of aromatic amines is 1. The number of hydrogen-bond donors (Lipinski definition) is 3. The lowest BCUT2D eigenvalue weighted by atomic mass is 10.2. The van der Waals surface area contributed by atoms with Crippen LogP contribution in [-0.4, -0.2) is 23.3 Å². The Hall–Kier alpha value is -2.30. The number of carbonyl (C=O) groups is 2. The van der Waals surface area contributed by atoms with Crippen molar-refractivity contribution >= 4 is 28.4 Å². The van der Waals surface area contributed by atoms with Crippen LogP contribution in [-0.2, 0) is 4.79 Å². The molecular weight excluding hydrogens is 254 g/mol. The van der Waals surface area contributed by atoms with Gasteiger partial charge in [-0.15, -0.1) is 0 Å². The molecule has 1 heterocycles. The van der Waals surface area contributed by atoms with Gasteiger partial charge in [0, 0.05) is 30.1 Å². The Bertz CT molecular complexity index is 644. The zero-order chi connectivity index (χ0) is 14.7. The first-order chi connectivity index (χ1) is 9.45. The maximum atomic E-state index is 12.0. The molecule has 1 aromatic carbocycles. The molecule has 0 aliphatic carbocycles. The predicted octanol–water partition coefficient (Wildman–Crippen LogP) is 2.51. The summed E-state index contributed by atoms with van der Waals surface area (Å²) in [5.41, 5.74) is 2.12. The molecule has 1 aromatic heterocycles. The van der Waals surface area contributed by atoms with E-state index in [0.29, 0.717) is 18.2 Å². The molecule has 0 saturated carbocycles. The van der Waals surface area contributed by atoms with Crippen LogP contribution in [0.3, 0.4) is 0 Å². The quantitative estimate of drug-likeness (QED) is 0.800. The summed E-state index contributed by atoms with van der Waals surface area (Å²) in [5, 5.41) is 6.48. The van der Waals surface area contributed by atoms with E-state index in [1.54, 1.807) is 12.1 Å². The number of fused-ring (bicyclic) bond motifs is 1.